The summed E-state index contributed by atoms with van der Waals surface area (Å²) in [6, 6.07) is 0.445. The normalized spacial score (nSPS) is 18.1. The predicted octanol–water partition coefficient (Wildman–Crippen LogP) is 2.04. The van der Waals surface area contributed by atoms with Gasteiger partial charge in [-0.25, -0.2) is 0 Å². The molecule has 1 unspecified atom stereocenters. The minimum atomic E-state index is -0.661. The molecule has 1 aromatic heterocycles. The number of nitrogens with one attached hydrogen (secondary N) is 1. The lowest BCUT2D eigenvalue weighted by Crippen LogP contribution is -2.53. The second-order valence-electron chi connectivity index (χ2n) is 4.57. The smallest absolute Gasteiger partial charge is 0.326 e. The standard InChI is InChI=1S/C11H17N3O2S3/c1-11(8(15)16-2,12-7-4-5-7)6-18-10-14-13-9(17-3)19-10/h7,12H,4-6H2,1-3H3. The van der Waals surface area contributed by atoms with E-state index in [1.165, 1.54) is 7.11 Å². The molecule has 0 aliphatic heterocycles. The van der Waals surface area contributed by atoms with Crippen LogP contribution in [0.1, 0.15) is 19.8 Å². The van der Waals surface area contributed by atoms with E-state index in [9.17, 15) is 4.79 Å². The summed E-state index contributed by atoms with van der Waals surface area (Å²) in [6.45, 7) is 1.89. The average Bonchev–Trinajstić information content (AvgIpc) is 3.09. The number of nitrogens with zero attached hydrogens (tertiary/aromatic N) is 2. The maximum Gasteiger partial charge on any atom is 0.326 e. The number of aromatic nitrogens is 2. The molecule has 2 rings (SSSR count). The molecule has 1 fully saturated rings. The van der Waals surface area contributed by atoms with Crippen molar-refractivity contribution in [3.8, 4) is 0 Å². The fraction of sp³-hybridized carbons (Fsp3) is 0.727. The van der Waals surface area contributed by atoms with Crippen LogP contribution in [-0.2, 0) is 9.53 Å². The van der Waals surface area contributed by atoms with Gasteiger partial charge in [-0.3, -0.25) is 10.1 Å². The summed E-state index contributed by atoms with van der Waals surface area (Å²) in [5, 5.41) is 11.5. The highest BCUT2D eigenvalue weighted by Crippen LogP contribution is 2.31. The van der Waals surface area contributed by atoms with Crippen LogP contribution in [0.2, 0.25) is 0 Å². The Kier molecular flexibility index (Phi) is 5.10. The fourth-order valence-corrected chi connectivity index (χ4v) is 4.13. The lowest BCUT2D eigenvalue weighted by Gasteiger charge is -2.27. The predicted molar refractivity (Wildman–Crippen MR) is 79.0 cm³/mol. The minimum Gasteiger partial charge on any atom is -0.468 e. The summed E-state index contributed by atoms with van der Waals surface area (Å²) in [4.78, 5) is 11.9. The molecule has 1 aliphatic carbocycles. The van der Waals surface area contributed by atoms with Crippen molar-refractivity contribution in [1.29, 1.82) is 0 Å². The molecule has 1 aliphatic rings. The first-order valence-corrected chi connectivity index (χ1v) is 8.96. The van der Waals surface area contributed by atoms with Crippen molar-refractivity contribution >= 4 is 40.8 Å². The topological polar surface area (TPSA) is 64.1 Å². The Balaban J connectivity index is 1.96. The van der Waals surface area contributed by atoms with Gasteiger partial charge in [0.25, 0.3) is 0 Å². The van der Waals surface area contributed by atoms with Crippen LogP contribution in [0, 0.1) is 0 Å². The number of ether oxygens (including phenoxy) is 1. The number of hydrogen-bond donors (Lipinski definition) is 1. The highest BCUT2D eigenvalue weighted by Gasteiger charge is 2.39. The van der Waals surface area contributed by atoms with E-state index in [1.54, 1.807) is 34.9 Å². The van der Waals surface area contributed by atoms with E-state index in [1.807, 2.05) is 13.2 Å². The van der Waals surface area contributed by atoms with Crippen LogP contribution in [0.4, 0.5) is 0 Å². The Labute approximate surface area is 125 Å². The Morgan fingerprint density at radius 1 is 1.53 bits per heavy atom. The first-order chi connectivity index (χ1) is 9.07. The van der Waals surface area contributed by atoms with E-state index in [4.69, 9.17) is 4.74 Å². The zero-order chi connectivity index (χ0) is 13.9. The number of rotatable bonds is 7. The van der Waals surface area contributed by atoms with Crippen LogP contribution in [0.15, 0.2) is 8.68 Å². The van der Waals surface area contributed by atoms with Gasteiger partial charge in [0.05, 0.1) is 7.11 Å². The van der Waals surface area contributed by atoms with E-state index >= 15 is 0 Å². The van der Waals surface area contributed by atoms with Gasteiger partial charge < -0.3 is 4.74 Å². The summed E-state index contributed by atoms with van der Waals surface area (Å²) in [6.07, 6.45) is 4.24. The molecule has 1 aromatic rings. The quantitative estimate of drug-likeness (QED) is 0.609. The first kappa shape index (κ1) is 15.1. The number of esters is 1. The molecular formula is C11H17N3O2S3. The third-order valence-electron chi connectivity index (χ3n) is 2.78. The molecule has 19 heavy (non-hydrogen) atoms. The Hall–Kier alpha value is -0.310. The molecule has 1 saturated carbocycles. The van der Waals surface area contributed by atoms with Crippen molar-refractivity contribution in [3.05, 3.63) is 0 Å². The maximum atomic E-state index is 11.9. The first-order valence-electron chi connectivity index (χ1n) is 5.94. The molecule has 1 N–H and O–H groups in total. The Morgan fingerprint density at radius 3 is 2.74 bits per heavy atom. The Bertz CT molecular complexity index is 450. The molecule has 0 aromatic carbocycles. The highest BCUT2D eigenvalue weighted by atomic mass is 32.2. The lowest BCUT2D eigenvalue weighted by molar-refractivity contribution is -0.146. The summed E-state index contributed by atoms with van der Waals surface area (Å²) < 4.78 is 6.74. The van der Waals surface area contributed by atoms with Gasteiger partial charge in [-0.05, 0) is 26.0 Å². The van der Waals surface area contributed by atoms with E-state index in [-0.39, 0.29) is 5.97 Å². The van der Waals surface area contributed by atoms with Crippen LogP contribution in [0.3, 0.4) is 0 Å². The van der Waals surface area contributed by atoms with Gasteiger partial charge in [0.2, 0.25) is 0 Å². The molecule has 0 saturated heterocycles. The van der Waals surface area contributed by atoms with Gasteiger partial charge in [-0.15, -0.1) is 10.2 Å². The van der Waals surface area contributed by atoms with Gasteiger partial charge >= 0.3 is 5.97 Å². The van der Waals surface area contributed by atoms with Crippen LogP contribution in [-0.4, -0.2) is 46.9 Å². The number of methoxy groups -OCH3 is 1. The second kappa shape index (κ2) is 6.43. The van der Waals surface area contributed by atoms with Crippen molar-refractivity contribution in [2.45, 2.75) is 40.0 Å². The van der Waals surface area contributed by atoms with Crippen LogP contribution in [0.25, 0.3) is 0 Å². The molecule has 0 amide bonds. The van der Waals surface area contributed by atoms with Gasteiger partial charge in [0, 0.05) is 11.8 Å². The third kappa shape index (κ3) is 4.08. The van der Waals surface area contributed by atoms with Crippen molar-refractivity contribution in [2.75, 3.05) is 19.1 Å². The van der Waals surface area contributed by atoms with Crippen molar-refractivity contribution in [1.82, 2.24) is 15.5 Å². The molecule has 106 valence electrons. The monoisotopic (exact) mass is 319 g/mol. The molecule has 8 heteroatoms. The van der Waals surface area contributed by atoms with E-state index in [2.05, 4.69) is 15.5 Å². The molecule has 0 spiro atoms. The number of carbonyl (C=O) groups excluding carboxylic acids is 1. The Morgan fingerprint density at radius 2 is 2.21 bits per heavy atom. The molecule has 0 bridgehead atoms. The van der Waals surface area contributed by atoms with Crippen LogP contribution < -0.4 is 5.32 Å². The van der Waals surface area contributed by atoms with Crippen molar-refractivity contribution in [3.63, 3.8) is 0 Å². The minimum absolute atomic E-state index is 0.221. The summed E-state index contributed by atoms with van der Waals surface area (Å²) in [5.74, 6) is 0.376. The zero-order valence-corrected chi connectivity index (χ0v) is 13.6. The average molecular weight is 319 g/mol. The third-order valence-corrected chi connectivity index (χ3v) is 6.13. The molecule has 1 atom stereocenters. The fourth-order valence-electron chi connectivity index (χ4n) is 1.61. The second-order valence-corrected chi connectivity index (χ2v) is 7.82. The zero-order valence-electron chi connectivity index (χ0n) is 11.1. The number of carbonyl (C=O) groups is 1. The lowest BCUT2D eigenvalue weighted by atomic mass is 10.1. The summed E-state index contributed by atoms with van der Waals surface area (Å²) >= 11 is 4.68. The van der Waals surface area contributed by atoms with Crippen molar-refractivity contribution in [2.24, 2.45) is 0 Å². The van der Waals surface area contributed by atoms with E-state index < -0.39 is 5.54 Å². The number of thioether (sulfide) groups is 2. The van der Waals surface area contributed by atoms with Crippen LogP contribution in [0.5, 0.6) is 0 Å². The molecule has 0 radical (unpaired) electrons. The van der Waals surface area contributed by atoms with Crippen LogP contribution >= 0.6 is 34.9 Å². The SMILES string of the molecule is COC(=O)C(C)(CSc1nnc(SC)s1)NC1CC1. The number of hydrogen-bond acceptors (Lipinski definition) is 8. The summed E-state index contributed by atoms with van der Waals surface area (Å²) in [7, 11) is 1.43. The van der Waals surface area contributed by atoms with Crippen molar-refractivity contribution < 1.29 is 9.53 Å². The molecular weight excluding hydrogens is 302 g/mol. The van der Waals surface area contributed by atoms with Gasteiger partial charge in [-0.2, -0.15) is 0 Å². The highest BCUT2D eigenvalue weighted by molar-refractivity contribution is 8.03. The van der Waals surface area contributed by atoms with Gasteiger partial charge in [0.1, 0.15) is 5.54 Å². The largest absolute Gasteiger partial charge is 0.468 e. The maximum absolute atomic E-state index is 11.9. The van der Waals surface area contributed by atoms with Gasteiger partial charge in [0.15, 0.2) is 8.68 Å². The van der Waals surface area contributed by atoms with Gasteiger partial charge in [-0.1, -0.05) is 34.9 Å². The summed E-state index contributed by atoms with van der Waals surface area (Å²) in [5.41, 5.74) is -0.661. The van der Waals surface area contributed by atoms with E-state index in [0.717, 1.165) is 21.5 Å². The molecule has 1 heterocycles. The molecule has 5 nitrogen and oxygen atoms in total. The van der Waals surface area contributed by atoms with E-state index in [0.29, 0.717) is 11.8 Å².